The molecule has 4 saturated carbocycles. The van der Waals surface area contributed by atoms with E-state index in [1.807, 2.05) is 42.3 Å². The number of aliphatic hydroxyl groups is 1. The molecule has 252 valence electrons. The topological polar surface area (TPSA) is 99.1 Å². The number of hydrogen-bond acceptors (Lipinski definition) is 7. The maximum absolute atomic E-state index is 13.1. The van der Waals surface area contributed by atoms with Crippen molar-refractivity contribution in [3.05, 3.63) is 11.6 Å². The first-order valence-electron chi connectivity index (χ1n) is 15.9. The highest BCUT2D eigenvalue weighted by Gasteiger charge is 2.71. The van der Waals surface area contributed by atoms with Gasteiger partial charge in [-0.05, 0) is 73.7 Å². The number of likely N-dealkylation sites (N-methyl/N-ethyl adjacent to an activating group) is 2. The van der Waals surface area contributed by atoms with Crippen LogP contribution in [-0.4, -0.2) is 112 Å². The van der Waals surface area contributed by atoms with Gasteiger partial charge in [-0.1, -0.05) is 13.8 Å². The molecule has 11 heteroatoms. The molecular weight excluding hydrogens is 696 g/mol. The van der Waals surface area contributed by atoms with Gasteiger partial charge >= 0.3 is 17.9 Å². The zero-order chi connectivity index (χ0) is 30.9. The lowest BCUT2D eigenvalue weighted by Crippen LogP contribution is -3.00. The Morgan fingerprint density at radius 1 is 0.909 bits per heavy atom. The largest absolute Gasteiger partial charge is 1.00 e. The van der Waals surface area contributed by atoms with Gasteiger partial charge in [0.05, 0.1) is 47.9 Å². The van der Waals surface area contributed by atoms with Crippen molar-refractivity contribution in [2.45, 2.75) is 83.0 Å². The summed E-state index contributed by atoms with van der Waals surface area (Å²) in [5.74, 6) is -0.152. The average Bonchev–Trinajstić information content (AvgIpc) is 3.34. The Balaban J connectivity index is 0.00000264. The van der Waals surface area contributed by atoms with Crippen LogP contribution in [0.25, 0.3) is 0 Å². The minimum Gasteiger partial charge on any atom is -1.00 e. The number of quaternary nitrogens is 2. The molecule has 0 aromatic carbocycles. The molecule has 0 spiro atoms. The number of fused-ring (bicyclic) bond motifs is 5. The van der Waals surface area contributed by atoms with Crippen molar-refractivity contribution >= 4 is 17.9 Å². The van der Waals surface area contributed by atoms with E-state index in [1.54, 1.807) is 6.08 Å². The van der Waals surface area contributed by atoms with Gasteiger partial charge in [0.15, 0.2) is 13.1 Å². The minimum atomic E-state index is -1.02. The quantitative estimate of drug-likeness (QED) is 0.170. The van der Waals surface area contributed by atoms with Gasteiger partial charge in [-0.2, -0.15) is 0 Å². The summed E-state index contributed by atoms with van der Waals surface area (Å²) in [6.07, 6.45) is 7.81. The summed E-state index contributed by atoms with van der Waals surface area (Å²) in [5.41, 5.74) is -0.647. The number of esters is 3. The Morgan fingerprint density at radius 2 is 1.52 bits per heavy atom. The predicted octanol–water partition coefficient (Wildman–Crippen LogP) is -2.90. The molecule has 5 aliphatic rings. The maximum atomic E-state index is 13.1. The van der Waals surface area contributed by atoms with E-state index in [0.717, 1.165) is 50.5 Å². The molecule has 1 aliphatic heterocycles. The number of hydrogen-bond donors (Lipinski definition) is 1. The lowest BCUT2D eigenvalue weighted by atomic mass is 9.43. The highest BCUT2D eigenvalue weighted by Crippen LogP contribution is 2.70. The van der Waals surface area contributed by atoms with Gasteiger partial charge in [0.2, 0.25) is 0 Å². The molecule has 0 aromatic heterocycles. The Hall–Kier alpha value is -1.01. The zero-order valence-corrected chi connectivity index (χ0v) is 31.0. The van der Waals surface area contributed by atoms with Gasteiger partial charge in [0.1, 0.15) is 18.8 Å². The molecule has 9 nitrogen and oxygen atoms in total. The Labute approximate surface area is 284 Å². The number of ether oxygens (including phenoxy) is 3. The number of rotatable bonds is 7. The molecule has 0 radical (unpaired) electrons. The van der Waals surface area contributed by atoms with E-state index < -0.39 is 17.1 Å². The van der Waals surface area contributed by atoms with Gasteiger partial charge in [-0.3, -0.25) is 0 Å². The molecule has 0 bridgehead atoms. The molecule has 5 rings (SSSR count). The average molecular weight is 751 g/mol. The van der Waals surface area contributed by atoms with Crippen LogP contribution in [0.1, 0.15) is 65.2 Å². The van der Waals surface area contributed by atoms with Crippen molar-refractivity contribution in [1.82, 2.24) is 0 Å². The van der Waals surface area contributed by atoms with Crippen molar-refractivity contribution in [2.24, 2.45) is 34.5 Å². The summed E-state index contributed by atoms with van der Waals surface area (Å²) in [6, 6.07) is 0. The molecule has 4 fully saturated rings. The summed E-state index contributed by atoms with van der Waals surface area (Å²) in [6.45, 7) is 5.36. The fraction of sp³-hybridized carbons (Fsp3) is 0.848. The molecule has 4 aliphatic carbocycles. The summed E-state index contributed by atoms with van der Waals surface area (Å²) in [7, 11) is 11.9. The predicted molar refractivity (Wildman–Crippen MR) is 157 cm³/mol. The van der Waals surface area contributed by atoms with E-state index in [9.17, 15) is 19.5 Å². The van der Waals surface area contributed by atoms with Crippen LogP contribution < -0.4 is 34.0 Å². The third-order valence-corrected chi connectivity index (χ3v) is 11.7. The summed E-state index contributed by atoms with van der Waals surface area (Å²) < 4.78 is 18.5. The molecule has 1 heterocycles. The van der Waals surface area contributed by atoms with Crippen molar-refractivity contribution in [3.8, 4) is 0 Å². The Bertz CT molecular complexity index is 1150. The molecule has 0 saturated heterocycles. The first-order valence-corrected chi connectivity index (χ1v) is 15.9. The van der Waals surface area contributed by atoms with E-state index in [0.29, 0.717) is 33.8 Å². The van der Waals surface area contributed by atoms with Gasteiger partial charge in [0.25, 0.3) is 0 Å². The highest BCUT2D eigenvalue weighted by atomic mass is 79.9. The standard InChI is InChI=1S/C33H54N2O7.2BrH/c1-31-13-11-23(41-28(37)18-34(3,4)5)16-22(31)9-10-25-24(31)12-14-32(2)30(21-15-27(36)40-20-21)26(17-33(25,32)39)42-29(38)19-35(6,7)8;;/h15,22-26,30,39H,9-14,16-20H2,1-8H3;2*1H/q+2;;/p-2/t22-,23+,24+,25-,26?,30+,31+,32-,33+;;/m1../s1. The van der Waals surface area contributed by atoms with Crippen molar-refractivity contribution in [2.75, 3.05) is 62.0 Å². The third-order valence-electron chi connectivity index (χ3n) is 11.7. The molecule has 0 amide bonds. The lowest BCUT2D eigenvalue weighted by Gasteiger charge is -2.63. The van der Waals surface area contributed by atoms with Gasteiger partial charge in [0, 0.05) is 23.8 Å². The summed E-state index contributed by atoms with van der Waals surface area (Å²) in [4.78, 5) is 37.8. The van der Waals surface area contributed by atoms with E-state index in [-0.39, 0.29) is 88.4 Å². The van der Waals surface area contributed by atoms with Gasteiger partial charge in [-0.15, -0.1) is 0 Å². The van der Waals surface area contributed by atoms with E-state index in [1.165, 1.54) is 0 Å². The Morgan fingerprint density at radius 3 is 2.09 bits per heavy atom. The second-order valence-corrected chi connectivity index (χ2v) is 16.7. The first-order chi connectivity index (χ1) is 19.3. The van der Waals surface area contributed by atoms with Crippen LogP contribution in [0.5, 0.6) is 0 Å². The normalized spacial score (nSPS) is 39.8. The number of carbonyl (C=O) groups is 3. The molecule has 1 N–H and O–H groups in total. The molecule has 44 heavy (non-hydrogen) atoms. The van der Waals surface area contributed by atoms with Gasteiger partial charge < -0.3 is 62.2 Å². The van der Waals surface area contributed by atoms with Crippen LogP contribution in [0.3, 0.4) is 0 Å². The molecule has 1 unspecified atom stereocenters. The van der Waals surface area contributed by atoms with Crippen LogP contribution in [0.2, 0.25) is 0 Å². The van der Waals surface area contributed by atoms with Crippen molar-refractivity contribution in [1.29, 1.82) is 0 Å². The summed E-state index contributed by atoms with van der Waals surface area (Å²) in [5, 5.41) is 12.8. The number of halogens is 2. The van der Waals surface area contributed by atoms with Gasteiger partial charge in [-0.25, -0.2) is 14.4 Å². The van der Waals surface area contributed by atoms with Crippen LogP contribution in [0.15, 0.2) is 11.6 Å². The minimum absolute atomic E-state index is 0. The summed E-state index contributed by atoms with van der Waals surface area (Å²) >= 11 is 0. The first kappa shape index (κ1) is 37.4. The Kier molecular flexibility index (Phi) is 11.0. The third kappa shape index (κ3) is 6.97. The number of nitrogens with zero attached hydrogens (tertiary/aromatic N) is 2. The number of carbonyl (C=O) groups excluding carboxylic acids is 3. The van der Waals surface area contributed by atoms with E-state index in [4.69, 9.17) is 14.2 Å². The fourth-order valence-electron chi connectivity index (χ4n) is 9.84. The molecule has 9 atom stereocenters. The number of cyclic esters (lactones) is 1. The lowest BCUT2D eigenvalue weighted by molar-refractivity contribution is -0.862. The monoisotopic (exact) mass is 748 g/mol. The van der Waals surface area contributed by atoms with Crippen LogP contribution >= 0.6 is 0 Å². The second-order valence-electron chi connectivity index (χ2n) is 16.7. The maximum Gasteiger partial charge on any atom is 0.362 e. The smallest absolute Gasteiger partial charge is 0.362 e. The van der Waals surface area contributed by atoms with Crippen molar-refractivity contribution in [3.63, 3.8) is 0 Å². The van der Waals surface area contributed by atoms with Crippen LogP contribution in [-0.2, 0) is 28.6 Å². The molecular formula is C33H54Br2N2O7. The van der Waals surface area contributed by atoms with Crippen molar-refractivity contribution < 1.29 is 76.6 Å². The molecule has 0 aromatic rings. The zero-order valence-electron chi connectivity index (χ0n) is 27.9. The SMILES string of the molecule is C[C@]12CC[C@H](OC(=O)C[N+](C)(C)C)C[C@H]1CC[C@@H]1[C@@H]2CC[C@]2(C)[C@@H](C3=CC(=O)OC3)C(OC(=O)C[N+](C)(C)C)C[C@]12O.[Br-].[Br-]. The van der Waals surface area contributed by atoms with Crippen LogP contribution in [0.4, 0.5) is 0 Å². The van der Waals surface area contributed by atoms with E-state index >= 15 is 0 Å². The highest BCUT2D eigenvalue weighted by molar-refractivity contribution is 5.85. The fourth-order valence-corrected chi connectivity index (χ4v) is 9.84. The van der Waals surface area contributed by atoms with E-state index in [2.05, 4.69) is 13.8 Å². The second kappa shape index (κ2) is 12.9. The van der Waals surface area contributed by atoms with Crippen LogP contribution in [0, 0.1) is 34.5 Å².